The molecule has 0 unspecified atom stereocenters. The van der Waals surface area contributed by atoms with Gasteiger partial charge >= 0.3 is 12.3 Å². The molecule has 1 amide bonds. The lowest BCUT2D eigenvalue weighted by Gasteiger charge is -2.09. The summed E-state index contributed by atoms with van der Waals surface area (Å²) in [6.07, 6.45) is -2.14. The van der Waals surface area contributed by atoms with Crippen LogP contribution in [-0.4, -0.2) is 39.1 Å². The van der Waals surface area contributed by atoms with E-state index in [-0.39, 0.29) is 12.0 Å². The highest BCUT2D eigenvalue weighted by Gasteiger charge is 2.32. The van der Waals surface area contributed by atoms with E-state index in [9.17, 15) is 18.0 Å². The van der Waals surface area contributed by atoms with Gasteiger partial charge in [0.15, 0.2) is 0 Å². The Hall–Kier alpha value is -3.21. The molecular weight excluding hydrogens is 407 g/mol. The van der Waals surface area contributed by atoms with Gasteiger partial charge in [0.2, 0.25) is 5.95 Å². The van der Waals surface area contributed by atoms with Crippen LogP contribution in [0.25, 0.3) is 10.4 Å². The zero-order chi connectivity index (χ0) is 20.4. The fraction of sp³-hybridized carbons (Fsp3) is 0.222. The lowest BCUT2D eigenvalue weighted by atomic mass is 10.2. The minimum absolute atomic E-state index is 0.144. The number of thiazole rings is 1. The molecule has 3 heterocycles. The Bertz CT molecular complexity index is 1040. The second kappa shape index (κ2) is 7.66. The van der Waals surface area contributed by atoms with Crippen molar-refractivity contribution in [3.8, 4) is 10.4 Å². The Balaban J connectivity index is 1.50. The van der Waals surface area contributed by atoms with Crippen molar-refractivity contribution in [3.63, 3.8) is 0 Å². The number of cyclic esters (lactones) is 1. The number of benzene rings is 1. The number of alkyl halides is 3. The molecule has 1 aromatic carbocycles. The zero-order valence-electron chi connectivity index (χ0n) is 14.8. The molecular formula is C18H14F3N5O2S. The van der Waals surface area contributed by atoms with Gasteiger partial charge in [-0.15, -0.1) is 11.3 Å². The second-order valence-electron chi connectivity index (χ2n) is 6.12. The number of nitrogens with zero attached hydrogens (tertiary/aromatic N) is 4. The molecule has 7 nitrogen and oxygen atoms in total. The summed E-state index contributed by atoms with van der Waals surface area (Å²) >= 11 is 1.43. The largest absolute Gasteiger partial charge is 0.448 e. The number of aromatic nitrogens is 3. The smallest absolute Gasteiger partial charge is 0.433 e. The Morgan fingerprint density at radius 2 is 2.10 bits per heavy atom. The number of rotatable bonds is 5. The lowest BCUT2D eigenvalue weighted by molar-refractivity contribution is -0.141. The molecule has 1 aliphatic heterocycles. The quantitative estimate of drug-likeness (QED) is 0.661. The molecule has 0 saturated carbocycles. The predicted octanol–water partition coefficient (Wildman–Crippen LogP) is 4.31. The van der Waals surface area contributed by atoms with Crippen molar-refractivity contribution < 1.29 is 22.7 Å². The highest BCUT2D eigenvalue weighted by Crippen LogP contribution is 2.31. The molecule has 11 heteroatoms. The fourth-order valence-corrected chi connectivity index (χ4v) is 3.64. The van der Waals surface area contributed by atoms with E-state index >= 15 is 0 Å². The van der Waals surface area contributed by atoms with Crippen molar-refractivity contribution >= 4 is 29.1 Å². The van der Waals surface area contributed by atoms with Gasteiger partial charge in [-0.05, 0) is 23.8 Å². The first-order chi connectivity index (χ1) is 13.9. The summed E-state index contributed by atoms with van der Waals surface area (Å²) in [5.41, 5.74) is 0.355. The van der Waals surface area contributed by atoms with E-state index in [1.165, 1.54) is 11.3 Å². The Morgan fingerprint density at radius 1 is 1.24 bits per heavy atom. The zero-order valence-corrected chi connectivity index (χ0v) is 15.6. The summed E-state index contributed by atoms with van der Waals surface area (Å²) in [6, 6.07) is 7.92. The molecule has 1 aliphatic rings. The van der Waals surface area contributed by atoms with Crippen LogP contribution in [0.1, 0.15) is 10.7 Å². The molecule has 0 spiro atoms. The van der Waals surface area contributed by atoms with Gasteiger partial charge in [0.25, 0.3) is 0 Å². The van der Waals surface area contributed by atoms with E-state index in [2.05, 4.69) is 20.3 Å². The molecule has 0 aliphatic carbocycles. The monoisotopic (exact) mass is 421 g/mol. The van der Waals surface area contributed by atoms with Crippen LogP contribution in [0, 0.1) is 0 Å². The highest BCUT2D eigenvalue weighted by atomic mass is 32.1. The maximum Gasteiger partial charge on any atom is 0.433 e. The van der Waals surface area contributed by atoms with Crippen LogP contribution in [0.4, 0.5) is 29.6 Å². The fourth-order valence-electron chi connectivity index (χ4n) is 2.71. The number of nitrogens with one attached hydrogen (secondary N) is 1. The SMILES string of the molecule is O=C1OCCN1Cc1ncc(-c2cccc(Nc3nccc(C(F)(F)F)n3)c2)s1. The van der Waals surface area contributed by atoms with Gasteiger partial charge in [0.05, 0.1) is 18.0 Å². The van der Waals surface area contributed by atoms with Crippen LogP contribution in [0.5, 0.6) is 0 Å². The van der Waals surface area contributed by atoms with Gasteiger partial charge in [-0.25, -0.2) is 19.7 Å². The maximum atomic E-state index is 12.8. The molecule has 0 bridgehead atoms. The number of ether oxygens (including phenoxy) is 1. The number of halogens is 3. The number of carbonyl (C=O) groups is 1. The van der Waals surface area contributed by atoms with Crippen LogP contribution in [-0.2, 0) is 17.5 Å². The average Bonchev–Trinajstić information content (AvgIpc) is 3.31. The van der Waals surface area contributed by atoms with Gasteiger partial charge in [0.1, 0.15) is 17.3 Å². The van der Waals surface area contributed by atoms with Crippen molar-refractivity contribution in [1.82, 2.24) is 19.9 Å². The summed E-state index contributed by atoms with van der Waals surface area (Å²) < 4.78 is 43.3. The van der Waals surface area contributed by atoms with Gasteiger partial charge in [-0.1, -0.05) is 12.1 Å². The van der Waals surface area contributed by atoms with Crippen LogP contribution in [0.2, 0.25) is 0 Å². The number of anilines is 2. The topological polar surface area (TPSA) is 80.2 Å². The van der Waals surface area contributed by atoms with E-state index < -0.39 is 11.9 Å². The number of carbonyl (C=O) groups excluding carboxylic acids is 1. The molecule has 1 saturated heterocycles. The van der Waals surface area contributed by atoms with Crippen molar-refractivity contribution in [1.29, 1.82) is 0 Å². The molecule has 150 valence electrons. The molecule has 29 heavy (non-hydrogen) atoms. The average molecular weight is 421 g/mol. The number of amides is 1. The van der Waals surface area contributed by atoms with E-state index in [0.717, 1.165) is 27.7 Å². The number of hydrogen-bond donors (Lipinski definition) is 1. The Kier molecular flexibility index (Phi) is 5.05. The van der Waals surface area contributed by atoms with Gasteiger partial charge in [0, 0.05) is 18.1 Å². The first-order valence-electron chi connectivity index (χ1n) is 8.52. The van der Waals surface area contributed by atoms with Crippen molar-refractivity contribution in [2.24, 2.45) is 0 Å². The highest BCUT2D eigenvalue weighted by molar-refractivity contribution is 7.15. The minimum atomic E-state index is -4.54. The third-order valence-electron chi connectivity index (χ3n) is 4.07. The Morgan fingerprint density at radius 3 is 2.86 bits per heavy atom. The first kappa shape index (κ1) is 19.1. The van der Waals surface area contributed by atoms with Gasteiger partial charge in [-0.3, -0.25) is 4.90 Å². The third-order valence-corrected chi connectivity index (χ3v) is 5.11. The third kappa shape index (κ3) is 4.45. The van der Waals surface area contributed by atoms with Crippen molar-refractivity contribution in [2.45, 2.75) is 12.7 Å². The number of hydrogen-bond acceptors (Lipinski definition) is 7. The normalized spacial score (nSPS) is 14.2. The molecule has 1 N–H and O–H groups in total. The maximum absolute atomic E-state index is 12.8. The van der Waals surface area contributed by atoms with Crippen LogP contribution >= 0.6 is 11.3 Å². The van der Waals surface area contributed by atoms with Gasteiger partial charge in [-0.2, -0.15) is 13.2 Å². The van der Waals surface area contributed by atoms with Gasteiger partial charge < -0.3 is 10.1 Å². The van der Waals surface area contributed by atoms with Crippen molar-refractivity contribution in [2.75, 3.05) is 18.5 Å². The summed E-state index contributed by atoms with van der Waals surface area (Å²) in [6.45, 7) is 1.28. The van der Waals surface area contributed by atoms with Crippen LogP contribution in [0.3, 0.4) is 0 Å². The van der Waals surface area contributed by atoms with Crippen molar-refractivity contribution in [3.05, 3.63) is 53.4 Å². The standard InChI is InChI=1S/C18H14F3N5O2S/c19-18(20,21)14-4-5-22-16(25-14)24-12-3-1-2-11(8-12)13-9-23-15(29-13)10-26-6-7-28-17(26)27/h1-5,8-9H,6-7,10H2,(H,22,24,25). The second-order valence-corrected chi connectivity index (χ2v) is 7.24. The molecule has 0 atom stereocenters. The first-order valence-corrected chi connectivity index (χ1v) is 9.34. The summed E-state index contributed by atoms with van der Waals surface area (Å²) in [5, 5.41) is 3.55. The van der Waals surface area contributed by atoms with Crippen LogP contribution in [0.15, 0.2) is 42.7 Å². The predicted molar refractivity (Wildman–Crippen MR) is 99.6 cm³/mol. The summed E-state index contributed by atoms with van der Waals surface area (Å²) in [4.78, 5) is 25.7. The Labute approximate surface area is 167 Å². The minimum Gasteiger partial charge on any atom is -0.448 e. The summed E-state index contributed by atoms with van der Waals surface area (Å²) in [5.74, 6) is -0.144. The van der Waals surface area contributed by atoms with E-state index in [1.54, 1.807) is 29.3 Å². The van der Waals surface area contributed by atoms with E-state index in [4.69, 9.17) is 4.74 Å². The van der Waals surface area contributed by atoms with Crippen LogP contribution < -0.4 is 5.32 Å². The van der Waals surface area contributed by atoms with E-state index in [1.807, 2.05) is 6.07 Å². The molecule has 2 aromatic heterocycles. The molecule has 1 fully saturated rings. The lowest BCUT2D eigenvalue weighted by Crippen LogP contribution is -2.23. The van der Waals surface area contributed by atoms with E-state index in [0.29, 0.717) is 25.4 Å². The molecule has 3 aromatic rings. The molecule has 4 rings (SSSR count). The molecule has 0 radical (unpaired) electrons. The summed E-state index contributed by atoms with van der Waals surface area (Å²) in [7, 11) is 0.